The van der Waals surface area contributed by atoms with Crippen molar-refractivity contribution in [2.24, 2.45) is 0 Å². The SMILES string of the molecule is O=C1CSCN1CC(=O)N1CCCC1c1cccc2ccccc12. The Morgan fingerprint density at radius 3 is 2.83 bits per heavy atom. The lowest BCUT2D eigenvalue weighted by Crippen LogP contribution is -2.40. The first-order valence-corrected chi connectivity index (χ1v) is 9.52. The molecule has 24 heavy (non-hydrogen) atoms. The molecule has 1 atom stereocenters. The van der Waals surface area contributed by atoms with Gasteiger partial charge < -0.3 is 9.80 Å². The normalized spacial score (nSPS) is 21.0. The fourth-order valence-electron chi connectivity index (χ4n) is 3.72. The number of benzene rings is 2. The van der Waals surface area contributed by atoms with Crippen LogP contribution in [0.15, 0.2) is 42.5 Å². The number of amides is 2. The molecule has 2 aromatic rings. The number of fused-ring (bicyclic) bond motifs is 1. The highest BCUT2D eigenvalue weighted by Crippen LogP contribution is 2.36. The van der Waals surface area contributed by atoms with Gasteiger partial charge in [-0.2, -0.15) is 0 Å². The van der Waals surface area contributed by atoms with Gasteiger partial charge in [0.2, 0.25) is 11.8 Å². The summed E-state index contributed by atoms with van der Waals surface area (Å²) >= 11 is 1.58. The van der Waals surface area contributed by atoms with Crippen molar-refractivity contribution >= 4 is 34.3 Å². The van der Waals surface area contributed by atoms with Gasteiger partial charge in [0.15, 0.2) is 0 Å². The molecule has 0 aliphatic carbocycles. The van der Waals surface area contributed by atoms with Gasteiger partial charge >= 0.3 is 0 Å². The molecule has 124 valence electrons. The van der Waals surface area contributed by atoms with Crippen molar-refractivity contribution in [1.29, 1.82) is 0 Å². The predicted molar refractivity (Wildman–Crippen MR) is 96.7 cm³/mol. The topological polar surface area (TPSA) is 40.6 Å². The first-order valence-electron chi connectivity index (χ1n) is 8.37. The minimum absolute atomic E-state index is 0.0706. The second-order valence-electron chi connectivity index (χ2n) is 6.38. The summed E-state index contributed by atoms with van der Waals surface area (Å²) in [6, 6.07) is 14.8. The molecular formula is C19H20N2O2S. The van der Waals surface area contributed by atoms with Crippen LogP contribution in [0.3, 0.4) is 0 Å². The van der Waals surface area contributed by atoms with Crippen LogP contribution in [0.2, 0.25) is 0 Å². The third-order valence-electron chi connectivity index (χ3n) is 4.91. The van der Waals surface area contributed by atoms with Gasteiger partial charge in [0.05, 0.1) is 17.7 Å². The van der Waals surface area contributed by atoms with Crippen molar-refractivity contribution in [2.45, 2.75) is 18.9 Å². The molecule has 0 saturated carbocycles. The zero-order valence-corrected chi connectivity index (χ0v) is 14.3. The van der Waals surface area contributed by atoms with Crippen LogP contribution in [0, 0.1) is 0 Å². The van der Waals surface area contributed by atoms with Gasteiger partial charge in [-0.05, 0) is 29.2 Å². The maximum Gasteiger partial charge on any atom is 0.242 e. The Morgan fingerprint density at radius 2 is 2.00 bits per heavy atom. The number of carbonyl (C=O) groups is 2. The molecule has 2 heterocycles. The molecule has 1 unspecified atom stereocenters. The zero-order chi connectivity index (χ0) is 16.5. The number of hydrogen-bond acceptors (Lipinski definition) is 3. The van der Waals surface area contributed by atoms with Crippen LogP contribution in [0.5, 0.6) is 0 Å². The smallest absolute Gasteiger partial charge is 0.242 e. The van der Waals surface area contributed by atoms with E-state index >= 15 is 0 Å². The molecule has 2 aliphatic rings. The second kappa shape index (κ2) is 6.48. The number of nitrogens with zero attached hydrogens (tertiary/aromatic N) is 2. The number of thioether (sulfide) groups is 1. The number of rotatable bonds is 3. The molecule has 0 spiro atoms. The lowest BCUT2D eigenvalue weighted by molar-refractivity contribution is -0.138. The van der Waals surface area contributed by atoms with E-state index in [2.05, 4.69) is 30.3 Å². The van der Waals surface area contributed by atoms with Gasteiger partial charge in [0, 0.05) is 6.54 Å². The third kappa shape index (κ3) is 2.77. The summed E-state index contributed by atoms with van der Waals surface area (Å²) in [5.41, 5.74) is 1.22. The fraction of sp³-hybridized carbons (Fsp3) is 0.368. The molecule has 2 aromatic carbocycles. The van der Waals surface area contributed by atoms with Crippen molar-refractivity contribution in [2.75, 3.05) is 24.7 Å². The lowest BCUT2D eigenvalue weighted by Gasteiger charge is -2.28. The summed E-state index contributed by atoms with van der Waals surface area (Å²) in [5, 5.41) is 2.43. The minimum atomic E-state index is 0.0706. The van der Waals surface area contributed by atoms with Gasteiger partial charge in [-0.3, -0.25) is 9.59 Å². The van der Waals surface area contributed by atoms with Crippen LogP contribution in [-0.4, -0.2) is 46.3 Å². The largest absolute Gasteiger partial charge is 0.334 e. The monoisotopic (exact) mass is 340 g/mol. The first kappa shape index (κ1) is 15.5. The quantitative estimate of drug-likeness (QED) is 0.862. The fourth-order valence-corrected chi connectivity index (χ4v) is 4.63. The molecule has 0 aromatic heterocycles. The van der Waals surface area contributed by atoms with E-state index in [1.54, 1.807) is 16.7 Å². The molecule has 2 aliphatic heterocycles. The van der Waals surface area contributed by atoms with Crippen molar-refractivity contribution in [3.63, 3.8) is 0 Å². The summed E-state index contributed by atoms with van der Waals surface area (Å²) in [7, 11) is 0. The van der Waals surface area contributed by atoms with E-state index in [1.807, 2.05) is 17.0 Å². The van der Waals surface area contributed by atoms with E-state index < -0.39 is 0 Å². The molecule has 4 rings (SSSR count). The van der Waals surface area contributed by atoms with Gasteiger partial charge in [-0.25, -0.2) is 0 Å². The van der Waals surface area contributed by atoms with Gasteiger partial charge in [-0.1, -0.05) is 42.5 Å². The Kier molecular flexibility index (Phi) is 4.19. The molecule has 0 radical (unpaired) electrons. The van der Waals surface area contributed by atoms with Gasteiger partial charge in [0.25, 0.3) is 0 Å². The number of hydrogen-bond donors (Lipinski definition) is 0. The highest BCUT2D eigenvalue weighted by atomic mass is 32.2. The average Bonchev–Trinajstić information content (AvgIpc) is 3.24. The summed E-state index contributed by atoms with van der Waals surface area (Å²) in [5.74, 6) is 1.28. The molecule has 5 heteroatoms. The van der Waals surface area contributed by atoms with Crippen LogP contribution >= 0.6 is 11.8 Å². The summed E-state index contributed by atoms with van der Waals surface area (Å²) in [6.45, 7) is 0.995. The van der Waals surface area contributed by atoms with E-state index in [-0.39, 0.29) is 24.4 Å². The molecule has 2 saturated heterocycles. The van der Waals surface area contributed by atoms with E-state index in [9.17, 15) is 9.59 Å². The Hall–Kier alpha value is -2.01. The number of likely N-dealkylation sites (tertiary alicyclic amines) is 1. The molecule has 0 N–H and O–H groups in total. The van der Waals surface area contributed by atoms with Crippen LogP contribution in [-0.2, 0) is 9.59 Å². The summed E-state index contributed by atoms with van der Waals surface area (Å²) < 4.78 is 0. The summed E-state index contributed by atoms with van der Waals surface area (Å²) in [6.07, 6.45) is 2.00. The van der Waals surface area contributed by atoms with E-state index in [0.29, 0.717) is 11.6 Å². The minimum Gasteiger partial charge on any atom is -0.334 e. The molecule has 2 amide bonds. The second-order valence-corrected chi connectivity index (χ2v) is 7.34. The van der Waals surface area contributed by atoms with Crippen molar-refractivity contribution < 1.29 is 9.59 Å². The lowest BCUT2D eigenvalue weighted by atomic mass is 9.97. The third-order valence-corrected chi connectivity index (χ3v) is 5.85. The van der Waals surface area contributed by atoms with Crippen molar-refractivity contribution in [1.82, 2.24) is 9.80 Å². The maximum atomic E-state index is 12.8. The Morgan fingerprint density at radius 1 is 1.17 bits per heavy atom. The number of carbonyl (C=O) groups excluding carboxylic acids is 2. The Balaban J connectivity index is 1.60. The van der Waals surface area contributed by atoms with Gasteiger partial charge in [-0.15, -0.1) is 11.8 Å². The zero-order valence-electron chi connectivity index (χ0n) is 13.5. The maximum absolute atomic E-state index is 12.8. The first-order chi connectivity index (χ1) is 11.7. The standard InChI is InChI=1S/C19H20N2O2S/c22-18(11-20-13-24-12-19(20)23)21-10-4-9-17(21)16-8-3-6-14-5-1-2-7-15(14)16/h1-3,5-8,17H,4,9-13H2. The highest BCUT2D eigenvalue weighted by molar-refractivity contribution is 8.00. The Bertz CT molecular complexity index is 787. The molecule has 2 fully saturated rings. The van der Waals surface area contributed by atoms with Crippen LogP contribution in [0.1, 0.15) is 24.4 Å². The van der Waals surface area contributed by atoms with Crippen LogP contribution in [0.25, 0.3) is 10.8 Å². The van der Waals surface area contributed by atoms with E-state index in [0.717, 1.165) is 19.4 Å². The average molecular weight is 340 g/mol. The van der Waals surface area contributed by atoms with Crippen molar-refractivity contribution in [3.8, 4) is 0 Å². The highest BCUT2D eigenvalue weighted by Gasteiger charge is 2.33. The molecular weight excluding hydrogens is 320 g/mol. The van der Waals surface area contributed by atoms with Crippen molar-refractivity contribution in [3.05, 3.63) is 48.0 Å². The Labute approximate surface area is 145 Å². The summed E-state index contributed by atoms with van der Waals surface area (Å²) in [4.78, 5) is 28.2. The van der Waals surface area contributed by atoms with E-state index in [4.69, 9.17) is 0 Å². The molecule has 0 bridgehead atoms. The van der Waals surface area contributed by atoms with Crippen LogP contribution < -0.4 is 0 Å². The van der Waals surface area contributed by atoms with E-state index in [1.165, 1.54) is 16.3 Å². The molecule has 4 nitrogen and oxygen atoms in total. The predicted octanol–water partition coefficient (Wildman–Crippen LogP) is 3.04. The van der Waals surface area contributed by atoms with Gasteiger partial charge in [0.1, 0.15) is 6.54 Å². The van der Waals surface area contributed by atoms with Crippen LogP contribution in [0.4, 0.5) is 0 Å².